The second-order valence-electron chi connectivity index (χ2n) is 5.30. The molecule has 3 rings (SSSR count). The predicted octanol–water partition coefficient (Wildman–Crippen LogP) is 3.75. The fraction of sp³-hybridized carbons (Fsp3) is 0.0500. The summed E-state index contributed by atoms with van der Waals surface area (Å²) in [6.07, 6.45) is 0. The van der Waals surface area contributed by atoms with Gasteiger partial charge in [0.15, 0.2) is 0 Å². The molecule has 0 radical (unpaired) electrons. The number of nitrogen functional groups attached to an aromatic ring is 1. The quantitative estimate of drug-likeness (QED) is 0.790. The molecule has 0 bridgehead atoms. The number of hydrogen-bond donors (Lipinski definition) is 1. The average molecular weight is 326 g/mol. The van der Waals surface area contributed by atoms with Gasteiger partial charge in [-0.1, -0.05) is 48.5 Å². The van der Waals surface area contributed by atoms with Crippen LogP contribution in [0.1, 0.15) is 11.1 Å². The molecule has 0 saturated carbocycles. The van der Waals surface area contributed by atoms with Crippen molar-refractivity contribution in [1.82, 2.24) is 4.98 Å². The zero-order valence-electron chi connectivity index (χ0n) is 13.5. The van der Waals surface area contributed by atoms with Crippen molar-refractivity contribution < 1.29 is 4.74 Å². The molecule has 0 aliphatic rings. The Morgan fingerprint density at radius 3 is 2.16 bits per heavy atom. The first kappa shape index (κ1) is 16.0. The van der Waals surface area contributed by atoms with E-state index < -0.39 is 0 Å². The lowest BCUT2D eigenvalue weighted by Gasteiger charge is -2.13. The van der Waals surface area contributed by atoms with Crippen LogP contribution in [0.5, 0.6) is 5.88 Å². The number of rotatable bonds is 3. The topological polar surface area (TPSA) is 95.7 Å². The fourth-order valence-electron chi connectivity index (χ4n) is 2.72. The molecule has 120 valence electrons. The van der Waals surface area contributed by atoms with Crippen molar-refractivity contribution in [2.24, 2.45) is 0 Å². The summed E-state index contributed by atoms with van der Waals surface area (Å²) in [4.78, 5) is 4.01. The van der Waals surface area contributed by atoms with Gasteiger partial charge in [-0.15, -0.1) is 0 Å². The molecule has 0 spiro atoms. The number of benzene rings is 2. The third-order valence-corrected chi connectivity index (χ3v) is 3.87. The normalized spacial score (nSPS) is 9.88. The minimum Gasteiger partial charge on any atom is -0.480 e. The Kier molecular flexibility index (Phi) is 4.32. The van der Waals surface area contributed by atoms with Crippen molar-refractivity contribution in [3.8, 4) is 40.3 Å². The first-order valence-electron chi connectivity index (χ1n) is 7.53. The van der Waals surface area contributed by atoms with Gasteiger partial charge in [0.25, 0.3) is 0 Å². The van der Waals surface area contributed by atoms with Gasteiger partial charge >= 0.3 is 0 Å². The van der Waals surface area contributed by atoms with E-state index in [4.69, 9.17) is 10.5 Å². The van der Waals surface area contributed by atoms with Crippen LogP contribution in [-0.2, 0) is 0 Å². The number of ether oxygens (including phenoxy) is 1. The number of nitrogens with zero attached hydrogens (tertiary/aromatic N) is 3. The Morgan fingerprint density at radius 2 is 1.52 bits per heavy atom. The molecule has 0 atom stereocenters. The van der Waals surface area contributed by atoms with Gasteiger partial charge in [-0.2, -0.15) is 15.5 Å². The summed E-state index contributed by atoms with van der Waals surface area (Å²) in [5.74, 6) is 0.151. The number of anilines is 1. The van der Waals surface area contributed by atoms with Crippen LogP contribution in [0.3, 0.4) is 0 Å². The van der Waals surface area contributed by atoms with Crippen LogP contribution in [0.2, 0.25) is 0 Å². The first-order valence-corrected chi connectivity index (χ1v) is 7.53. The molecule has 0 fully saturated rings. The molecule has 5 heteroatoms. The van der Waals surface area contributed by atoms with E-state index in [1.807, 2.05) is 54.6 Å². The van der Waals surface area contributed by atoms with Crippen molar-refractivity contribution >= 4 is 5.82 Å². The minimum atomic E-state index is 0.0402. The van der Waals surface area contributed by atoms with E-state index >= 15 is 0 Å². The largest absolute Gasteiger partial charge is 0.480 e. The van der Waals surface area contributed by atoms with Crippen molar-refractivity contribution in [3.63, 3.8) is 0 Å². The van der Waals surface area contributed by atoms with Crippen LogP contribution in [0.25, 0.3) is 22.3 Å². The van der Waals surface area contributed by atoms with Crippen LogP contribution in [0.15, 0.2) is 54.6 Å². The highest BCUT2D eigenvalue weighted by Crippen LogP contribution is 2.36. The highest BCUT2D eigenvalue weighted by molar-refractivity contribution is 5.84. The molecule has 0 aliphatic carbocycles. The van der Waals surface area contributed by atoms with Crippen LogP contribution in [0, 0.1) is 22.7 Å². The molecule has 1 aromatic heterocycles. The average Bonchev–Trinajstić information content (AvgIpc) is 2.67. The summed E-state index contributed by atoms with van der Waals surface area (Å²) >= 11 is 0. The molecule has 0 saturated heterocycles. The van der Waals surface area contributed by atoms with Crippen LogP contribution in [0.4, 0.5) is 5.82 Å². The maximum absolute atomic E-state index is 9.57. The lowest BCUT2D eigenvalue weighted by molar-refractivity contribution is 0.397. The van der Waals surface area contributed by atoms with Crippen LogP contribution < -0.4 is 10.5 Å². The Morgan fingerprint density at radius 1 is 0.880 bits per heavy atom. The summed E-state index contributed by atoms with van der Waals surface area (Å²) in [5.41, 5.74) is 9.41. The van der Waals surface area contributed by atoms with Crippen molar-refractivity contribution in [2.45, 2.75) is 0 Å². The lowest BCUT2D eigenvalue weighted by Crippen LogP contribution is -2.04. The van der Waals surface area contributed by atoms with Crippen molar-refractivity contribution in [2.75, 3.05) is 12.8 Å². The first-order chi connectivity index (χ1) is 12.2. The third-order valence-electron chi connectivity index (χ3n) is 3.87. The number of nitrogens with two attached hydrogens (primary N) is 1. The van der Waals surface area contributed by atoms with Crippen LogP contribution in [-0.4, -0.2) is 12.1 Å². The monoisotopic (exact) mass is 326 g/mol. The molecular weight excluding hydrogens is 312 g/mol. The molecule has 25 heavy (non-hydrogen) atoms. The molecule has 3 aromatic rings. The Bertz CT molecular complexity index is 1010. The van der Waals surface area contributed by atoms with E-state index in [9.17, 15) is 10.5 Å². The molecule has 2 N–H and O–H groups in total. The molecule has 0 aliphatic heterocycles. The van der Waals surface area contributed by atoms with Gasteiger partial charge in [0, 0.05) is 5.56 Å². The predicted molar refractivity (Wildman–Crippen MR) is 95.5 cm³/mol. The summed E-state index contributed by atoms with van der Waals surface area (Å²) in [6, 6.07) is 21.6. The van der Waals surface area contributed by atoms with Gasteiger partial charge in [0.05, 0.1) is 7.11 Å². The highest BCUT2D eigenvalue weighted by Gasteiger charge is 2.20. The number of hydrogen-bond acceptors (Lipinski definition) is 5. The molecule has 5 nitrogen and oxygen atoms in total. The summed E-state index contributed by atoms with van der Waals surface area (Å²) in [6.45, 7) is 0. The van der Waals surface area contributed by atoms with Gasteiger partial charge in [-0.25, -0.2) is 0 Å². The molecule has 1 heterocycles. The SMILES string of the molecule is COc1nc(N)c(C#N)c(-c2cccc(-c3ccccc3)c2)c1C#N. The Labute approximate surface area is 145 Å². The molecule has 0 unspecified atom stereocenters. The maximum atomic E-state index is 9.57. The maximum Gasteiger partial charge on any atom is 0.234 e. The highest BCUT2D eigenvalue weighted by atomic mass is 16.5. The molecule has 0 amide bonds. The Hall–Kier alpha value is -3.83. The summed E-state index contributed by atoms with van der Waals surface area (Å²) < 4.78 is 5.17. The zero-order valence-corrected chi connectivity index (χ0v) is 13.5. The van der Waals surface area contributed by atoms with E-state index in [-0.39, 0.29) is 22.8 Å². The molecular formula is C20H14N4O. The molecule has 2 aromatic carbocycles. The van der Waals surface area contributed by atoms with Crippen molar-refractivity contribution in [3.05, 3.63) is 65.7 Å². The van der Waals surface area contributed by atoms with E-state index in [0.29, 0.717) is 11.1 Å². The third kappa shape index (κ3) is 2.87. The van der Waals surface area contributed by atoms with Gasteiger partial charge in [0.1, 0.15) is 29.1 Å². The van der Waals surface area contributed by atoms with Crippen LogP contribution >= 0.6 is 0 Å². The van der Waals surface area contributed by atoms with Gasteiger partial charge in [-0.05, 0) is 22.8 Å². The van der Waals surface area contributed by atoms with E-state index in [1.54, 1.807) is 0 Å². The second-order valence-corrected chi connectivity index (χ2v) is 5.30. The Balaban J connectivity index is 2.29. The standard InChI is InChI=1S/C20H14N4O/c1-25-20-17(12-22)18(16(11-21)19(23)24-20)15-9-5-8-14(10-15)13-6-3-2-4-7-13/h2-10H,1H3,(H2,23,24). The lowest BCUT2D eigenvalue weighted by atomic mass is 9.93. The van der Waals surface area contributed by atoms with Gasteiger partial charge in [-0.3, -0.25) is 0 Å². The number of aromatic nitrogens is 1. The van der Waals surface area contributed by atoms with E-state index in [2.05, 4.69) is 17.1 Å². The summed E-state index contributed by atoms with van der Waals surface area (Å²) in [5, 5.41) is 19.1. The number of pyridine rings is 1. The van der Waals surface area contributed by atoms with Gasteiger partial charge in [0.2, 0.25) is 5.88 Å². The zero-order chi connectivity index (χ0) is 17.8. The van der Waals surface area contributed by atoms with Crippen molar-refractivity contribution in [1.29, 1.82) is 10.5 Å². The number of methoxy groups -OCH3 is 1. The fourth-order valence-corrected chi connectivity index (χ4v) is 2.72. The minimum absolute atomic E-state index is 0.0402. The summed E-state index contributed by atoms with van der Waals surface area (Å²) in [7, 11) is 1.42. The number of nitriles is 2. The van der Waals surface area contributed by atoms with Gasteiger partial charge < -0.3 is 10.5 Å². The van der Waals surface area contributed by atoms with E-state index in [1.165, 1.54) is 7.11 Å². The van der Waals surface area contributed by atoms with E-state index in [0.717, 1.165) is 11.1 Å². The second kappa shape index (κ2) is 6.74. The smallest absolute Gasteiger partial charge is 0.234 e.